The number of benzene rings is 1. The smallest absolute Gasteiger partial charge is 0.302 e. The summed E-state index contributed by atoms with van der Waals surface area (Å²) in [4.78, 5) is 15.8. The molecule has 8 nitrogen and oxygen atoms in total. The molecule has 6 atom stereocenters. The second kappa shape index (κ2) is 12.3. The van der Waals surface area contributed by atoms with Gasteiger partial charge in [0.05, 0.1) is 13.2 Å². The minimum atomic E-state index is -0.528. The molecule has 0 unspecified atom stereocenters. The van der Waals surface area contributed by atoms with E-state index in [2.05, 4.69) is 10.3 Å². The van der Waals surface area contributed by atoms with Crippen molar-refractivity contribution in [3.05, 3.63) is 23.8 Å². The number of carbonyl (C=O) groups is 1. The SMILES string of the molecule is CN=C(N)N[C@H]1CCC[C@@H]2CC[C@@H]([C@H](O)C[C@@H](CCc3ccc(O)c(OC)c3)OC(C)=O)C[C@@H]21. The lowest BCUT2D eigenvalue weighted by Gasteiger charge is -2.45. The maximum Gasteiger partial charge on any atom is 0.302 e. The van der Waals surface area contributed by atoms with Gasteiger partial charge in [-0.15, -0.1) is 0 Å². The van der Waals surface area contributed by atoms with E-state index < -0.39 is 6.10 Å². The topological polar surface area (TPSA) is 126 Å². The molecule has 0 aliphatic heterocycles. The number of aromatic hydroxyl groups is 1. The fraction of sp³-hybridized carbons (Fsp3) is 0.692. The first kappa shape index (κ1) is 26.1. The highest BCUT2D eigenvalue weighted by Crippen LogP contribution is 2.44. The summed E-state index contributed by atoms with van der Waals surface area (Å²) < 4.78 is 10.8. The zero-order valence-electron chi connectivity index (χ0n) is 20.7. The number of nitrogens with one attached hydrogen (secondary N) is 1. The molecule has 0 aromatic heterocycles. The van der Waals surface area contributed by atoms with Gasteiger partial charge in [-0.3, -0.25) is 9.79 Å². The molecular weight excluding hydrogens is 434 g/mol. The number of aliphatic imine (C=N–C) groups is 1. The van der Waals surface area contributed by atoms with Crippen LogP contribution in [0.25, 0.3) is 0 Å². The Morgan fingerprint density at radius 3 is 2.79 bits per heavy atom. The molecule has 0 spiro atoms. The largest absolute Gasteiger partial charge is 0.504 e. The van der Waals surface area contributed by atoms with E-state index in [4.69, 9.17) is 15.2 Å². The quantitative estimate of drug-likeness (QED) is 0.245. The van der Waals surface area contributed by atoms with Crippen molar-refractivity contribution in [2.24, 2.45) is 28.5 Å². The van der Waals surface area contributed by atoms with Crippen LogP contribution in [0.1, 0.15) is 63.9 Å². The summed E-state index contributed by atoms with van der Waals surface area (Å²) in [7, 11) is 3.21. The highest BCUT2D eigenvalue weighted by molar-refractivity contribution is 5.78. The monoisotopic (exact) mass is 475 g/mol. The van der Waals surface area contributed by atoms with E-state index in [0.29, 0.717) is 48.8 Å². The minimum Gasteiger partial charge on any atom is -0.504 e. The molecule has 0 bridgehead atoms. The van der Waals surface area contributed by atoms with E-state index in [1.54, 1.807) is 19.2 Å². The third-order valence-electron chi connectivity index (χ3n) is 7.65. The number of ether oxygens (including phenoxy) is 2. The van der Waals surface area contributed by atoms with Crippen LogP contribution in [0.3, 0.4) is 0 Å². The highest BCUT2D eigenvalue weighted by Gasteiger charge is 2.40. The molecule has 0 amide bonds. The Morgan fingerprint density at radius 2 is 2.09 bits per heavy atom. The van der Waals surface area contributed by atoms with Crippen molar-refractivity contribution in [3.8, 4) is 11.5 Å². The summed E-state index contributed by atoms with van der Waals surface area (Å²) in [5.74, 6) is 1.96. The van der Waals surface area contributed by atoms with E-state index in [9.17, 15) is 15.0 Å². The van der Waals surface area contributed by atoms with Crippen LogP contribution in [0, 0.1) is 17.8 Å². The molecule has 190 valence electrons. The predicted octanol–water partition coefficient (Wildman–Crippen LogP) is 3.14. The molecule has 2 aliphatic rings. The van der Waals surface area contributed by atoms with E-state index in [0.717, 1.165) is 31.2 Å². The molecule has 5 N–H and O–H groups in total. The Balaban J connectivity index is 1.61. The fourth-order valence-corrected chi connectivity index (χ4v) is 5.88. The number of hydrogen-bond donors (Lipinski definition) is 4. The maximum atomic E-state index is 11.7. The summed E-state index contributed by atoms with van der Waals surface area (Å²) in [6.07, 6.45) is 7.33. The van der Waals surface area contributed by atoms with Crippen molar-refractivity contribution in [2.75, 3.05) is 14.2 Å². The van der Waals surface area contributed by atoms with Crippen LogP contribution < -0.4 is 15.8 Å². The lowest BCUT2D eigenvalue weighted by Crippen LogP contribution is -2.50. The van der Waals surface area contributed by atoms with Gasteiger partial charge in [-0.05, 0) is 74.0 Å². The number of aliphatic hydroxyl groups is 1. The zero-order chi connectivity index (χ0) is 24.7. The minimum absolute atomic E-state index is 0.0938. The normalized spacial score (nSPS) is 26.8. The first-order valence-electron chi connectivity index (χ1n) is 12.5. The summed E-state index contributed by atoms with van der Waals surface area (Å²) in [6.45, 7) is 1.41. The van der Waals surface area contributed by atoms with E-state index in [-0.39, 0.29) is 23.7 Å². The number of phenolic OH excluding ortho intramolecular Hbond substituents is 1. The van der Waals surface area contributed by atoms with Gasteiger partial charge in [0, 0.05) is 26.4 Å². The van der Waals surface area contributed by atoms with Crippen LogP contribution in [0.4, 0.5) is 0 Å². The molecular formula is C26H41N3O5. The standard InChI is InChI=1S/C26H41N3O5/c1-16(30)34-20(11-7-17-8-12-23(31)25(13-17)33-3)15-24(32)19-10-9-18-5-4-6-22(21(18)14-19)29-26(27)28-2/h8,12-13,18-22,24,31-32H,4-7,9-11,14-15H2,1-3H3,(H3,27,28,29)/t18-,19-,20-,21+,22+,24-/m1/s1. The molecule has 2 saturated carbocycles. The predicted molar refractivity (Wildman–Crippen MR) is 132 cm³/mol. The number of nitrogens with zero attached hydrogens (tertiary/aromatic N) is 1. The van der Waals surface area contributed by atoms with Gasteiger partial charge >= 0.3 is 5.97 Å². The molecule has 0 saturated heterocycles. The van der Waals surface area contributed by atoms with Gasteiger partial charge in [0.2, 0.25) is 0 Å². The first-order chi connectivity index (χ1) is 16.3. The number of guanidine groups is 1. The van der Waals surface area contributed by atoms with Gasteiger partial charge in [-0.25, -0.2) is 0 Å². The Hall–Kier alpha value is -2.48. The van der Waals surface area contributed by atoms with E-state index >= 15 is 0 Å². The van der Waals surface area contributed by atoms with Gasteiger partial charge in [0.25, 0.3) is 0 Å². The molecule has 2 fully saturated rings. The molecule has 0 heterocycles. The van der Waals surface area contributed by atoms with Crippen LogP contribution in [0.2, 0.25) is 0 Å². The van der Waals surface area contributed by atoms with Crippen molar-refractivity contribution in [3.63, 3.8) is 0 Å². The number of methoxy groups -OCH3 is 1. The van der Waals surface area contributed by atoms with Crippen molar-refractivity contribution in [1.82, 2.24) is 5.32 Å². The van der Waals surface area contributed by atoms with Gasteiger partial charge in [0.15, 0.2) is 17.5 Å². The van der Waals surface area contributed by atoms with Crippen LogP contribution in [0.15, 0.2) is 23.2 Å². The number of esters is 1. The number of carbonyl (C=O) groups excluding carboxylic acids is 1. The Bertz CT molecular complexity index is 846. The Kier molecular flexibility index (Phi) is 9.45. The van der Waals surface area contributed by atoms with Crippen LogP contribution in [0.5, 0.6) is 11.5 Å². The van der Waals surface area contributed by atoms with Gasteiger partial charge < -0.3 is 30.7 Å². The molecule has 1 aromatic carbocycles. The molecule has 3 rings (SSSR count). The number of rotatable bonds is 9. The lowest BCUT2D eigenvalue weighted by molar-refractivity contribution is -0.148. The third kappa shape index (κ3) is 7.01. The third-order valence-corrected chi connectivity index (χ3v) is 7.65. The van der Waals surface area contributed by atoms with Gasteiger partial charge in [-0.2, -0.15) is 0 Å². The molecule has 34 heavy (non-hydrogen) atoms. The average Bonchev–Trinajstić information content (AvgIpc) is 2.82. The summed E-state index contributed by atoms with van der Waals surface area (Å²) in [5.41, 5.74) is 6.94. The Morgan fingerprint density at radius 1 is 1.29 bits per heavy atom. The van der Waals surface area contributed by atoms with Crippen molar-refractivity contribution >= 4 is 11.9 Å². The fourth-order valence-electron chi connectivity index (χ4n) is 5.88. The zero-order valence-corrected chi connectivity index (χ0v) is 20.7. The second-order valence-corrected chi connectivity index (χ2v) is 9.87. The molecule has 2 aliphatic carbocycles. The number of hydrogen-bond acceptors (Lipinski definition) is 6. The van der Waals surface area contributed by atoms with E-state index in [1.165, 1.54) is 26.9 Å². The highest BCUT2D eigenvalue weighted by atomic mass is 16.5. The maximum absolute atomic E-state index is 11.7. The summed E-state index contributed by atoms with van der Waals surface area (Å²) >= 11 is 0. The second-order valence-electron chi connectivity index (χ2n) is 9.87. The van der Waals surface area contributed by atoms with Crippen LogP contribution in [-0.2, 0) is 16.0 Å². The number of aliphatic hydroxyl groups excluding tert-OH is 1. The first-order valence-corrected chi connectivity index (χ1v) is 12.5. The van der Waals surface area contributed by atoms with Crippen LogP contribution in [-0.4, -0.2) is 54.5 Å². The van der Waals surface area contributed by atoms with Crippen molar-refractivity contribution < 1.29 is 24.5 Å². The van der Waals surface area contributed by atoms with E-state index in [1.807, 2.05) is 6.07 Å². The summed E-state index contributed by atoms with van der Waals surface area (Å²) in [5, 5.41) is 24.4. The number of fused-ring (bicyclic) bond motifs is 1. The number of phenols is 1. The molecule has 1 aromatic rings. The van der Waals surface area contributed by atoms with Crippen molar-refractivity contribution in [1.29, 1.82) is 0 Å². The Labute approximate surface area is 202 Å². The summed E-state index contributed by atoms with van der Waals surface area (Å²) in [6, 6.07) is 5.53. The molecule has 0 radical (unpaired) electrons. The lowest BCUT2D eigenvalue weighted by atomic mass is 9.64. The average molecular weight is 476 g/mol. The molecule has 8 heteroatoms. The van der Waals surface area contributed by atoms with Gasteiger partial charge in [-0.1, -0.05) is 18.9 Å². The number of aryl methyl sites for hydroxylation is 1. The van der Waals surface area contributed by atoms with Crippen LogP contribution >= 0.6 is 0 Å². The van der Waals surface area contributed by atoms with Crippen molar-refractivity contribution in [2.45, 2.75) is 83.0 Å². The number of nitrogens with two attached hydrogens (primary N) is 1. The van der Waals surface area contributed by atoms with Gasteiger partial charge in [0.1, 0.15) is 6.10 Å².